The number of nitrogens with zero attached hydrogens (tertiary/aromatic N) is 2. The Balaban J connectivity index is 1.79. The van der Waals surface area contributed by atoms with Crippen molar-refractivity contribution in [3.05, 3.63) is 64.3 Å². The molecule has 0 saturated carbocycles. The Morgan fingerprint density at radius 1 is 1.15 bits per heavy atom. The van der Waals surface area contributed by atoms with E-state index in [1.165, 1.54) is 42.3 Å². The number of carbonyl (C=O) groups excluding carboxylic acids is 2. The average molecular weight is 367 g/mol. The summed E-state index contributed by atoms with van der Waals surface area (Å²) in [6.07, 6.45) is 1.43. The molecule has 0 radical (unpaired) electrons. The fourth-order valence-electron chi connectivity index (χ4n) is 2.48. The van der Waals surface area contributed by atoms with Crippen molar-refractivity contribution in [2.24, 2.45) is 0 Å². The summed E-state index contributed by atoms with van der Waals surface area (Å²) >= 11 is 1.41. The van der Waals surface area contributed by atoms with Crippen molar-refractivity contribution >= 4 is 29.0 Å². The second-order valence-electron chi connectivity index (χ2n) is 5.73. The molecule has 0 fully saturated rings. The molecule has 3 aromatic rings. The molecule has 0 atom stereocenters. The molecule has 1 N–H and O–H groups in total. The number of nitrogens with one attached hydrogen (secondary N) is 1. The predicted molar refractivity (Wildman–Crippen MR) is 101 cm³/mol. The lowest BCUT2D eigenvalue weighted by atomic mass is 10.1. The highest BCUT2D eigenvalue weighted by atomic mass is 32.1. The lowest BCUT2D eigenvalue weighted by Crippen LogP contribution is -2.14. The van der Waals surface area contributed by atoms with Crippen LogP contribution in [0, 0.1) is 13.8 Å². The fourth-order valence-corrected chi connectivity index (χ4v) is 3.37. The van der Waals surface area contributed by atoms with E-state index in [4.69, 9.17) is 0 Å². The van der Waals surface area contributed by atoms with Crippen LogP contribution in [-0.4, -0.2) is 29.0 Å². The van der Waals surface area contributed by atoms with Gasteiger partial charge in [0.1, 0.15) is 16.5 Å². The molecule has 26 heavy (non-hydrogen) atoms. The third kappa shape index (κ3) is 3.78. The Morgan fingerprint density at radius 2 is 1.96 bits per heavy atom. The molecular weight excluding hydrogens is 350 g/mol. The highest BCUT2D eigenvalue weighted by molar-refractivity contribution is 7.13. The quantitative estimate of drug-likeness (QED) is 0.708. The molecule has 2 heterocycles. The van der Waals surface area contributed by atoms with E-state index in [2.05, 4.69) is 26.1 Å². The van der Waals surface area contributed by atoms with Crippen LogP contribution in [-0.2, 0) is 4.74 Å². The number of amides is 1. The fraction of sp³-hybridized carbons (Fsp3) is 0.158. The third-order valence-corrected chi connectivity index (χ3v) is 4.65. The van der Waals surface area contributed by atoms with E-state index in [1.54, 1.807) is 5.38 Å². The topological polar surface area (TPSA) is 81.2 Å². The lowest BCUT2D eigenvalue weighted by molar-refractivity contribution is 0.0600. The van der Waals surface area contributed by atoms with Gasteiger partial charge in [0.05, 0.1) is 12.7 Å². The van der Waals surface area contributed by atoms with E-state index in [1.807, 2.05) is 26.0 Å². The second kappa shape index (κ2) is 7.45. The number of hydrogen-bond acceptors (Lipinski definition) is 6. The van der Waals surface area contributed by atoms with Crippen LogP contribution in [0.5, 0.6) is 0 Å². The van der Waals surface area contributed by atoms with Gasteiger partial charge in [-0.15, -0.1) is 11.3 Å². The summed E-state index contributed by atoms with van der Waals surface area (Å²) in [5.74, 6) is -0.612. The Hall–Kier alpha value is -3.06. The number of aromatic nitrogens is 2. The monoisotopic (exact) mass is 367 g/mol. The second-order valence-corrected chi connectivity index (χ2v) is 6.59. The van der Waals surface area contributed by atoms with Gasteiger partial charge in [-0.3, -0.25) is 4.79 Å². The van der Waals surface area contributed by atoms with Crippen molar-refractivity contribution in [1.29, 1.82) is 0 Å². The van der Waals surface area contributed by atoms with Gasteiger partial charge in [-0.05, 0) is 31.5 Å². The first-order valence-corrected chi connectivity index (χ1v) is 8.75. The van der Waals surface area contributed by atoms with E-state index in [0.717, 1.165) is 16.1 Å². The normalized spacial score (nSPS) is 10.4. The number of aryl methyl sites for hydroxylation is 2. The summed E-state index contributed by atoms with van der Waals surface area (Å²) in [6, 6.07) is 9.08. The van der Waals surface area contributed by atoms with Crippen molar-refractivity contribution in [2.45, 2.75) is 13.8 Å². The number of benzene rings is 1. The molecule has 132 valence electrons. The molecule has 0 aliphatic carbocycles. The molecule has 0 bridgehead atoms. The number of esters is 1. The zero-order valence-corrected chi connectivity index (χ0v) is 15.4. The first kappa shape index (κ1) is 17.8. The Morgan fingerprint density at radius 3 is 2.69 bits per heavy atom. The summed E-state index contributed by atoms with van der Waals surface area (Å²) in [5, 5.41) is 5.14. The number of thiazole rings is 1. The van der Waals surface area contributed by atoms with Crippen molar-refractivity contribution < 1.29 is 14.3 Å². The maximum atomic E-state index is 12.4. The number of rotatable bonds is 4. The van der Waals surface area contributed by atoms with E-state index in [-0.39, 0.29) is 11.7 Å². The molecule has 7 heteroatoms. The van der Waals surface area contributed by atoms with Crippen LogP contribution in [0.15, 0.2) is 41.9 Å². The van der Waals surface area contributed by atoms with Gasteiger partial charge in [0, 0.05) is 17.1 Å². The van der Waals surface area contributed by atoms with Crippen LogP contribution in [0.2, 0.25) is 0 Å². The van der Waals surface area contributed by atoms with Gasteiger partial charge >= 0.3 is 5.97 Å². The standard InChI is InChI=1S/C19H17N3O3S/c1-11-4-5-14(12(2)8-11)18-21-15(10-26-18)17(23)22-16-9-13(6-7-20-16)19(24)25-3/h4-10H,1-3H3,(H,20,22,23). The summed E-state index contributed by atoms with van der Waals surface area (Å²) in [5.41, 5.74) is 3.91. The van der Waals surface area contributed by atoms with Crippen molar-refractivity contribution in [3.63, 3.8) is 0 Å². The summed E-state index contributed by atoms with van der Waals surface area (Å²) < 4.78 is 4.66. The first-order chi connectivity index (χ1) is 12.5. The van der Waals surface area contributed by atoms with E-state index >= 15 is 0 Å². The maximum absolute atomic E-state index is 12.4. The first-order valence-electron chi connectivity index (χ1n) is 7.87. The largest absolute Gasteiger partial charge is 0.465 e. The Kier molecular flexibility index (Phi) is 5.09. The average Bonchev–Trinajstić information content (AvgIpc) is 3.11. The van der Waals surface area contributed by atoms with Gasteiger partial charge in [-0.2, -0.15) is 0 Å². The minimum Gasteiger partial charge on any atom is -0.465 e. The molecule has 2 aromatic heterocycles. The number of ether oxygens (including phenoxy) is 1. The zero-order chi connectivity index (χ0) is 18.7. The molecule has 0 aliphatic heterocycles. The van der Waals surface area contributed by atoms with Crippen molar-refractivity contribution in [3.8, 4) is 10.6 Å². The van der Waals surface area contributed by atoms with Gasteiger partial charge in [-0.1, -0.05) is 23.8 Å². The van der Waals surface area contributed by atoms with Crippen LogP contribution >= 0.6 is 11.3 Å². The molecule has 0 saturated heterocycles. The minimum absolute atomic E-state index is 0.263. The van der Waals surface area contributed by atoms with Gasteiger partial charge in [-0.25, -0.2) is 14.8 Å². The molecule has 3 rings (SSSR count). The number of anilines is 1. The molecule has 0 spiro atoms. The number of hydrogen-bond donors (Lipinski definition) is 1. The third-order valence-electron chi connectivity index (χ3n) is 3.77. The van der Waals surface area contributed by atoms with Crippen LogP contribution in [0.1, 0.15) is 32.0 Å². The molecule has 6 nitrogen and oxygen atoms in total. The Bertz CT molecular complexity index is 982. The van der Waals surface area contributed by atoms with Gasteiger partial charge in [0.25, 0.3) is 5.91 Å². The van der Waals surface area contributed by atoms with Crippen LogP contribution in [0.25, 0.3) is 10.6 Å². The highest BCUT2D eigenvalue weighted by Gasteiger charge is 2.15. The highest BCUT2D eigenvalue weighted by Crippen LogP contribution is 2.27. The zero-order valence-electron chi connectivity index (χ0n) is 14.6. The lowest BCUT2D eigenvalue weighted by Gasteiger charge is -2.05. The molecule has 1 amide bonds. The van der Waals surface area contributed by atoms with Crippen LogP contribution in [0.3, 0.4) is 0 Å². The van der Waals surface area contributed by atoms with Crippen LogP contribution < -0.4 is 5.32 Å². The maximum Gasteiger partial charge on any atom is 0.338 e. The van der Waals surface area contributed by atoms with Gasteiger partial charge < -0.3 is 10.1 Å². The molecule has 0 aliphatic rings. The Labute approximate surface area is 154 Å². The van der Waals surface area contributed by atoms with Gasteiger partial charge in [0.2, 0.25) is 0 Å². The molecule has 1 aromatic carbocycles. The smallest absolute Gasteiger partial charge is 0.338 e. The van der Waals surface area contributed by atoms with Gasteiger partial charge in [0.15, 0.2) is 0 Å². The summed E-state index contributed by atoms with van der Waals surface area (Å²) in [4.78, 5) is 32.5. The summed E-state index contributed by atoms with van der Waals surface area (Å²) in [7, 11) is 1.30. The van der Waals surface area contributed by atoms with Crippen LogP contribution in [0.4, 0.5) is 5.82 Å². The SMILES string of the molecule is COC(=O)c1ccnc(NC(=O)c2csc(-c3ccc(C)cc3C)n2)c1. The number of carbonyl (C=O) groups is 2. The number of pyridine rings is 1. The van der Waals surface area contributed by atoms with E-state index < -0.39 is 5.97 Å². The summed E-state index contributed by atoms with van der Waals surface area (Å²) in [6.45, 7) is 4.05. The van der Waals surface area contributed by atoms with E-state index in [0.29, 0.717) is 11.3 Å². The number of methoxy groups -OCH3 is 1. The predicted octanol–water partition coefficient (Wildman–Crippen LogP) is 3.86. The molecule has 0 unspecified atom stereocenters. The van der Waals surface area contributed by atoms with Crippen molar-refractivity contribution in [1.82, 2.24) is 9.97 Å². The molecular formula is C19H17N3O3S. The van der Waals surface area contributed by atoms with Crippen molar-refractivity contribution in [2.75, 3.05) is 12.4 Å². The minimum atomic E-state index is -0.492. The van der Waals surface area contributed by atoms with E-state index in [9.17, 15) is 9.59 Å².